The molecule has 26 heavy (non-hydrogen) atoms. The van der Waals surface area contributed by atoms with Crippen LogP contribution in [0.15, 0.2) is 42.7 Å². The minimum Gasteiger partial charge on any atom is -0.483 e. The van der Waals surface area contributed by atoms with Crippen molar-refractivity contribution in [3.8, 4) is 16.9 Å². The number of nitrogens with zero attached hydrogens (tertiary/aromatic N) is 2. The molecule has 0 spiro atoms. The third-order valence-corrected chi connectivity index (χ3v) is 3.90. The SMILES string of the molecule is CC1C=CON1c1ccc(-c2cc(Cl)ccc2OCC(F)(F)F)c(N)n1. The van der Waals surface area contributed by atoms with E-state index in [2.05, 4.69) is 4.98 Å². The molecule has 1 aromatic carbocycles. The van der Waals surface area contributed by atoms with Crippen LogP contribution in [-0.2, 0) is 4.84 Å². The largest absolute Gasteiger partial charge is 0.483 e. The molecule has 1 atom stereocenters. The number of hydrogen-bond acceptors (Lipinski definition) is 5. The van der Waals surface area contributed by atoms with Gasteiger partial charge in [0.1, 0.15) is 17.8 Å². The van der Waals surface area contributed by atoms with Crippen molar-refractivity contribution in [2.45, 2.75) is 19.1 Å². The lowest BCUT2D eigenvalue weighted by molar-refractivity contribution is -0.153. The lowest BCUT2D eigenvalue weighted by atomic mass is 10.1. The van der Waals surface area contributed by atoms with E-state index in [0.717, 1.165) is 0 Å². The van der Waals surface area contributed by atoms with E-state index >= 15 is 0 Å². The fourth-order valence-corrected chi connectivity index (χ4v) is 2.64. The number of aromatic nitrogens is 1. The molecule has 1 aliphatic heterocycles. The Balaban J connectivity index is 1.94. The van der Waals surface area contributed by atoms with Crippen LogP contribution in [0.4, 0.5) is 24.8 Å². The number of hydroxylamine groups is 1. The number of benzene rings is 1. The van der Waals surface area contributed by atoms with Crippen molar-refractivity contribution in [2.75, 3.05) is 17.4 Å². The van der Waals surface area contributed by atoms with Crippen molar-refractivity contribution < 1.29 is 22.7 Å². The molecule has 1 aliphatic rings. The molecule has 0 saturated heterocycles. The third-order valence-electron chi connectivity index (χ3n) is 3.66. The van der Waals surface area contributed by atoms with Crippen molar-refractivity contribution in [2.24, 2.45) is 0 Å². The zero-order valence-electron chi connectivity index (χ0n) is 13.6. The van der Waals surface area contributed by atoms with E-state index in [1.807, 2.05) is 13.0 Å². The normalized spacial score (nSPS) is 16.7. The average Bonchev–Trinajstić information content (AvgIpc) is 2.99. The zero-order valence-corrected chi connectivity index (χ0v) is 14.4. The van der Waals surface area contributed by atoms with Gasteiger partial charge in [-0.15, -0.1) is 0 Å². The highest BCUT2D eigenvalue weighted by atomic mass is 35.5. The number of alkyl halides is 3. The first kappa shape index (κ1) is 18.2. The number of pyridine rings is 1. The van der Waals surface area contributed by atoms with E-state index in [0.29, 0.717) is 22.0 Å². The Hall–Kier alpha value is -2.61. The van der Waals surface area contributed by atoms with Gasteiger partial charge in [0.15, 0.2) is 12.4 Å². The monoisotopic (exact) mass is 385 g/mol. The van der Waals surface area contributed by atoms with Crippen LogP contribution in [0.1, 0.15) is 6.92 Å². The molecule has 2 aromatic rings. The maximum absolute atomic E-state index is 12.5. The highest BCUT2D eigenvalue weighted by molar-refractivity contribution is 6.31. The van der Waals surface area contributed by atoms with E-state index in [4.69, 9.17) is 26.9 Å². The molecule has 1 aromatic heterocycles. The summed E-state index contributed by atoms with van der Waals surface area (Å²) in [6.07, 6.45) is -1.08. The molecule has 0 saturated carbocycles. The predicted molar refractivity (Wildman–Crippen MR) is 92.8 cm³/mol. The average molecular weight is 386 g/mol. The van der Waals surface area contributed by atoms with E-state index in [1.165, 1.54) is 24.5 Å². The predicted octanol–water partition coefficient (Wildman–Crippen LogP) is 4.58. The second-order valence-electron chi connectivity index (χ2n) is 5.65. The van der Waals surface area contributed by atoms with Crippen LogP contribution in [0.25, 0.3) is 11.1 Å². The summed E-state index contributed by atoms with van der Waals surface area (Å²) in [6, 6.07) is 7.56. The van der Waals surface area contributed by atoms with Gasteiger partial charge in [0.05, 0.1) is 6.04 Å². The summed E-state index contributed by atoms with van der Waals surface area (Å²) in [6.45, 7) is 0.493. The topological polar surface area (TPSA) is 60.6 Å². The first-order chi connectivity index (χ1) is 12.2. The Morgan fingerprint density at radius 3 is 2.65 bits per heavy atom. The Kier molecular flexibility index (Phi) is 4.86. The molecule has 2 N–H and O–H groups in total. The minimum absolute atomic E-state index is 0.0143. The van der Waals surface area contributed by atoms with Crippen molar-refractivity contribution in [1.82, 2.24) is 4.98 Å². The first-order valence-corrected chi connectivity index (χ1v) is 8.01. The van der Waals surface area contributed by atoms with Crippen LogP contribution >= 0.6 is 11.6 Å². The highest BCUT2D eigenvalue weighted by Gasteiger charge is 2.29. The van der Waals surface area contributed by atoms with Gasteiger partial charge >= 0.3 is 6.18 Å². The molecule has 5 nitrogen and oxygen atoms in total. The summed E-state index contributed by atoms with van der Waals surface area (Å²) < 4.78 is 42.3. The van der Waals surface area contributed by atoms with Crippen molar-refractivity contribution in [3.63, 3.8) is 0 Å². The molecular weight excluding hydrogens is 371 g/mol. The van der Waals surface area contributed by atoms with Gasteiger partial charge in [-0.25, -0.2) is 4.98 Å². The lowest BCUT2D eigenvalue weighted by Crippen LogP contribution is -2.26. The quantitative estimate of drug-likeness (QED) is 0.834. The lowest BCUT2D eigenvalue weighted by Gasteiger charge is -2.21. The van der Waals surface area contributed by atoms with Gasteiger partial charge in [-0.2, -0.15) is 18.2 Å². The maximum Gasteiger partial charge on any atom is 0.422 e. The van der Waals surface area contributed by atoms with E-state index < -0.39 is 12.8 Å². The summed E-state index contributed by atoms with van der Waals surface area (Å²) in [7, 11) is 0. The van der Waals surface area contributed by atoms with Crippen LogP contribution in [-0.4, -0.2) is 23.8 Å². The Bertz CT molecular complexity index is 842. The molecule has 0 fully saturated rings. The van der Waals surface area contributed by atoms with Gasteiger partial charge in [-0.1, -0.05) is 11.6 Å². The second-order valence-corrected chi connectivity index (χ2v) is 6.08. The van der Waals surface area contributed by atoms with Gasteiger partial charge in [-0.3, -0.25) is 0 Å². The van der Waals surface area contributed by atoms with E-state index in [9.17, 15) is 13.2 Å². The smallest absolute Gasteiger partial charge is 0.422 e. The molecule has 0 bridgehead atoms. The van der Waals surface area contributed by atoms with Crippen LogP contribution in [0.2, 0.25) is 5.02 Å². The second kappa shape index (κ2) is 6.95. The number of anilines is 2. The number of rotatable bonds is 4. The zero-order chi connectivity index (χ0) is 18.9. The maximum atomic E-state index is 12.5. The Morgan fingerprint density at radius 1 is 1.27 bits per heavy atom. The summed E-state index contributed by atoms with van der Waals surface area (Å²) in [5, 5.41) is 1.89. The Labute approximate surface area is 152 Å². The molecule has 9 heteroatoms. The highest BCUT2D eigenvalue weighted by Crippen LogP contribution is 2.37. The molecule has 0 aliphatic carbocycles. The summed E-state index contributed by atoms with van der Waals surface area (Å²) in [4.78, 5) is 9.61. The van der Waals surface area contributed by atoms with Gasteiger partial charge in [0.25, 0.3) is 0 Å². The first-order valence-electron chi connectivity index (χ1n) is 7.63. The summed E-state index contributed by atoms with van der Waals surface area (Å²) in [5.41, 5.74) is 6.77. The molecule has 0 amide bonds. The number of ether oxygens (including phenoxy) is 1. The van der Waals surface area contributed by atoms with Crippen molar-refractivity contribution in [1.29, 1.82) is 0 Å². The molecule has 3 rings (SSSR count). The summed E-state index contributed by atoms with van der Waals surface area (Å²) in [5.74, 6) is 0.605. The third kappa shape index (κ3) is 3.96. The van der Waals surface area contributed by atoms with Gasteiger partial charge in [0.2, 0.25) is 0 Å². The van der Waals surface area contributed by atoms with Crippen molar-refractivity contribution >= 4 is 23.2 Å². The fraction of sp³-hybridized carbons (Fsp3) is 0.235. The molecule has 2 heterocycles. The molecular formula is C17H15ClF3N3O2. The van der Waals surface area contributed by atoms with Crippen LogP contribution in [0.3, 0.4) is 0 Å². The number of hydrogen-bond donors (Lipinski definition) is 1. The van der Waals surface area contributed by atoms with E-state index in [1.54, 1.807) is 17.2 Å². The molecule has 0 radical (unpaired) electrons. The van der Waals surface area contributed by atoms with Crippen LogP contribution < -0.4 is 15.5 Å². The number of nitrogens with two attached hydrogens (primary N) is 1. The van der Waals surface area contributed by atoms with Gasteiger partial charge in [0, 0.05) is 16.1 Å². The number of halogens is 4. The summed E-state index contributed by atoms with van der Waals surface area (Å²) >= 11 is 5.99. The number of nitrogen functional groups attached to an aromatic ring is 1. The van der Waals surface area contributed by atoms with E-state index in [-0.39, 0.29) is 17.6 Å². The molecule has 1 unspecified atom stereocenters. The Morgan fingerprint density at radius 2 is 2.04 bits per heavy atom. The van der Waals surface area contributed by atoms with Crippen molar-refractivity contribution in [3.05, 3.63) is 47.7 Å². The van der Waals surface area contributed by atoms with Crippen LogP contribution in [0, 0.1) is 0 Å². The van der Waals surface area contributed by atoms with Crippen LogP contribution in [0.5, 0.6) is 5.75 Å². The fourth-order valence-electron chi connectivity index (χ4n) is 2.46. The minimum atomic E-state index is -4.46. The standard InChI is InChI=1S/C17H15ClF3N3O2/c1-10-6-7-26-24(10)15-5-3-12(16(22)23-15)13-8-11(18)2-4-14(13)25-9-17(19,20)21/h2-8,10H,9H2,1H3,(H2,22,23). The van der Waals surface area contributed by atoms with Gasteiger partial charge < -0.3 is 15.3 Å². The van der Waals surface area contributed by atoms with Gasteiger partial charge in [-0.05, 0) is 43.3 Å². The molecule has 138 valence electrons.